The van der Waals surface area contributed by atoms with Crippen LogP contribution in [0.15, 0.2) is 53.9 Å². The number of nitriles is 1. The van der Waals surface area contributed by atoms with Gasteiger partial charge in [-0.1, -0.05) is 24.3 Å². The van der Waals surface area contributed by atoms with E-state index in [1.807, 2.05) is 49.3 Å². The number of hydrogen-bond donors (Lipinski definition) is 1. The molecule has 0 amide bonds. The third-order valence-electron chi connectivity index (χ3n) is 5.76. The Balaban J connectivity index is 1.99. The summed E-state index contributed by atoms with van der Waals surface area (Å²) in [6, 6.07) is 15.5. The summed E-state index contributed by atoms with van der Waals surface area (Å²) in [4.78, 5) is 13.6. The molecule has 1 aliphatic rings. The summed E-state index contributed by atoms with van der Waals surface area (Å²) in [7, 11) is 6.89. The molecule has 0 spiro atoms. The van der Waals surface area contributed by atoms with Gasteiger partial charge >= 0.3 is 5.97 Å². The Morgan fingerprint density at radius 2 is 1.76 bits per heavy atom. The number of fused-ring (bicyclic) bond motifs is 3. The highest BCUT2D eigenvalue weighted by Gasteiger charge is 2.33. The van der Waals surface area contributed by atoms with E-state index >= 15 is 0 Å². The molecule has 3 aromatic carbocycles. The fourth-order valence-electron chi connectivity index (χ4n) is 4.30. The van der Waals surface area contributed by atoms with Crippen LogP contribution in [0.2, 0.25) is 0 Å². The fourth-order valence-corrected chi connectivity index (χ4v) is 4.30. The van der Waals surface area contributed by atoms with Crippen LogP contribution in [0, 0.1) is 11.3 Å². The molecule has 0 aliphatic carbocycles. The number of nitrogens with two attached hydrogens (primary N) is 1. The van der Waals surface area contributed by atoms with Crippen molar-refractivity contribution in [3.8, 4) is 29.1 Å². The van der Waals surface area contributed by atoms with Crippen molar-refractivity contribution in [2.75, 3.05) is 33.2 Å². The van der Waals surface area contributed by atoms with Crippen LogP contribution in [0.1, 0.15) is 24.0 Å². The second-order valence-electron chi connectivity index (χ2n) is 8.02. The number of anilines is 1. The van der Waals surface area contributed by atoms with Crippen LogP contribution in [-0.4, -0.2) is 34.3 Å². The topological polar surface area (TPSA) is 107 Å². The highest BCUT2D eigenvalue weighted by molar-refractivity contribution is 5.99. The lowest BCUT2D eigenvalue weighted by atomic mass is 9.82. The average molecular weight is 460 g/mol. The third kappa shape index (κ3) is 3.71. The molecular weight excluding hydrogens is 434 g/mol. The average Bonchev–Trinajstić information content (AvgIpc) is 2.82. The van der Waals surface area contributed by atoms with Gasteiger partial charge in [-0.15, -0.1) is 0 Å². The summed E-state index contributed by atoms with van der Waals surface area (Å²) < 4.78 is 22.3. The Morgan fingerprint density at radius 3 is 2.32 bits per heavy atom. The maximum Gasteiger partial charge on any atom is 0.308 e. The van der Waals surface area contributed by atoms with Crippen molar-refractivity contribution in [2.24, 2.45) is 5.73 Å². The second kappa shape index (κ2) is 8.87. The van der Waals surface area contributed by atoms with Crippen molar-refractivity contribution in [2.45, 2.75) is 12.8 Å². The molecule has 0 aromatic heterocycles. The van der Waals surface area contributed by atoms with Gasteiger partial charge in [0.05, 0.1) is 20.1 Å². The smallest absolute Gasteiger partial charge is 0.308 e. The number of carbonyl (C=O) groups is 1. The van der Waals surface area contributed by atoms with Gasteiger partial charge in [0.1, 0.15) is 17.4 Å². The zero-order valence-electron chi connectivity index (χ0n) is 19.6. The van der Waals surface area contributed by atoms with Gasteiger partial charge in [0.2, 0.25) is 11.6 Å². The van der Waals surface area contributed by atoms with Crippen molar-refractivity contribution in [1.29, 1.82) is 5.26 Å². The first-order chi connectivity index (χ1) is 16.3. The molecule has 0 saturated carbocycles. The number of methoxy groups -OCH3 is 2. The molecule has 1 unspecified atom stereocenters. The highest BCUT2D eigenvalue weighted by atomic mass is 16.6. The number of esters is 1. The maximum atomic E-state index is 11.6. The Bertz CT molecular complexity index is 1350. The molecule has 1 heterocycles. The van der Waals surface area contributed by atoms with Gasteiger partial charge in [-0.05, 0) is 23.8 Å². The van der Waals surface area contributed by atoms with E-state index in [0.717, 1.165) is 22.0 Å². The summed E-state index contributed by atoms with van der Waals surface area (Å²) in [5.41, 5.74) is 9.00. The van der Waals surface area contributed by atoms with Crippen LogP contribution in [-0.2, 0) is 4.79 Å². The third-order valence-corrected chi connectivity index (χ3v) is 5.76. The monoisotopic (exact) mass is 459 g/mol. The fraction of sp³-hybridized carbons (Fsp3) is 0.231. The standard InChI is InChI=1S/C26H25N3O5/c1-14(30)33-25-21(31-4)11-15(12-22(25)32-5)23-18-10-9-16-17(7-6-8-20(16)29(2)3)24(18)34-26(28)19(23)13-27/h6-12,23H,28H2,1-5H3. The molecule has 1 atom stereocenters. The summed E-state index contributed by atoms with van der Waals surface area (Å²) in [6.07, 6.45) is 0. The highest BCUT2D eigenvalue weighted by Crippen LogP contribution is 2.49. The van der Waals surface area contributed by atoms with Crippen LogP contribution in [0.4, 0.5) is 5.69 Å². The van der Waals surface area contributed by atoms with Crippen LogP contribution in [0.5, 0.6) is 23.0 Å². The Labute approximate surface area is 197 Å². The van der Waals surface area contributed by atoms with Crippen molar-refractivity contribution < 1.29 is 23.7 Å². The minimum absolute atomic E-state index is 0.0322. The van der Waals surface area contributed by atoms with Crippen LogP contribution in [0.25, 0.3) is 10.8 Å². The van der Waals surface area contributed by atoms with Gasteiger partial charge < -0.3 is 29.6 Å². The first-order valence-electron chi connectivity index (χ1n) is 10.6. The molecule has 0 radical (unpaired) electrons. The lowest BCUT2D eigenvalue weighted by Gasteiger charge is -2.29. The van der Waals surface area contributed by atoms with Crippen molar-refractivity contribution in [3.05, 3.63) is 65.0 Å². The lowest BCUT2D eigenvalue weighted by Crippen LogP contribution is -2.21. The molecule has 34 heavy (non-hydrogen) atoms. The van der Waals surface area contributed by atoms with Crippen molar-refractivity contribution in [3.63, 3.8) is 0 Å². The van der Waals surface area contributed by atoms with E-state index in [-0.39, 0.29) is 17.2 Å². The van der Waals surface area contributed by atoms with E-state index < -0.39 is 11.9 Å². The molecule has 0 fully saturated rings. The number of benzene rings is 3. The molecule has 4 rings (SSSR count). The van der Waals surface area contributed by atoms with Gasteiger partial charge in [0.15, 0.2) is 11.5 Å². The van der Waals surface area contributed by atoms with Crippen LogP contribution >= 0.6 is 0 Å². The Morgan fingerprint density at radius 1 is 1.09 bits per heavy atom. The van der Waals surface area contributed by atoms with Crippen molar-refractivity contribution >= 4 is 22.4 Å². The van der Waals surface area contributed by atoms with Gasteiger partial charge in [-0.2, -0.15) is 5.26 Å². The molecule has 8 heteroatoms. The summed E-state index contributed by atoms with van der Waals surface area (Å²) >= 11 is 0. The molecule has 174 valence electrons. The molecular formula is C26H25N3O5. The van der Waals surface area contributed by atoms with Gasteiger partial charge in [0.25, 0.3) is 0 Å². The summed E-state index contributed by atoms with van der Waals surface area (Å²) in [6.45, 7) is 1.30. The van der Waals surface area contributed by atoms with E-state index in [1.54, 1.807) is 12.1 Å². The molecule has 3 aromatic rings. The number of nitrogens with zero attached hydrogens (tertiary/aromatic N) is 2. The van der Waals surface area contributed by atoms with E-state index in [2.05, 4.69) is 6.07 Å². The predicted molar refractivity (Wildman–Crippen MR) is 128 cm³/mol. The van der Waals surface area contributed by atoms with Crippen LogP contribution in [0.3, 0.4) is 0 Å². The summed E-state index contributed by atoms with van der Waals surface area (Å²) in [5, 5.41) is 11.8. The molecule has 1 aliphatic heterocycles. The zero-order chi connectivity index (χ0) is 24.6. The molecule has 8 nitrogen and oxygen atoms in total. The minimum atomic E-state index is -0.546. The van der Waals surface area contributed by atoms with E-state index in [1.165, 1.54) is 21.1 Å². The summed E-state index contributed by atoms with van der Waals surface area (Å²) in [5.74, 6) is 0.321. The molecule has 2 N–H and O–H groups in total. The number of hydrogen-bond acceptors (Lipinski definition) is 8. The normalized spacial score (nSPS) is 14.6. The van der Waals surface area contributed by atoms with Crippen molar-refractivity contribution in [1.82, 2.24) is 0 Å². The SMILES string of the molecule is COc1cc(C2C(C#N)=C(N)Oc3c2ccc2c(N(C)C)cccc32)cc(OC)c1OC(C)=O. The minimum Gasteiger partial charge on any atom is -0.493 e. The van der Waals surface area contributed by atoms with Gasteiger partial charge in [-0.3, -0.25) is 4.79 Å². The number of rotatable bonds is 5. The van der Waals surface area contributed by atoms with E-state index in [0.29, 0.717) is 22.8 Å². The number of ether oxygens (including phenoxy) is 4. The van der Waals surface area contributed by atoms with Gasteiger partial charge in [-0.25, -0.2) is 0 Å². The van der Waals surface area contributed by atoms with E-state index in [4.69, 9.17) is 24.7 Å². The first-order valence-corrected chi connectivity index (χ1v) is 10.6. The zero-order valence-corrected chi connectivity index (χ0v) is 19.6. The van der Waals surface area contributed by atoms with Crippen LogP contribution < -0.4 is 29.6 Å². The number of allylic oxidation sites excluding steroid dienone is 1. The predicted octanol–water partition coefficient (Wildman–Crippen LogP) is 4.07. The van der Waals surface area contributed by atoms with Gasteiger partial charge in [0, 0.05) is 43.0 Å². The number of carbonyl (C=O) groups excluding carboxylic acids is 1. The molecule has 0 saturated heterocycles. The largest absolute Gasteiger partial charge is 0.493 e. The molecule has 0 bridgehead atoms. The van der Waals surface area contributed by atoms with E-state index in [9.17, 15) is 10.1 Å². The first kappa shape index (κ1) is 22.8. The second-order valence-corrected chi connectivity index (χ2v) is 8.02. The Hall–Kier alpha value is -4.38. The Kier molecular flexibility index (Phi) is 5.95. The maximum absolute atomic E-state index is 11.6. The lowest BCUT2D eigenvalue weighted by molar-refractivity contribution is -0.132. The quantitative estimate of drug-likeness (QED) is 0.450.